The first-order valence-electron chi connectivity index (χ1n) is 5.46. The van der Waals surface area contributed by atoms with Crippen LogP contribution in [0.2, 0.25) is 0 Å². The van der Waals surface area contributed by atoms with Crippen LogP contribution in [0.1, 0.15) is 17.5 Å². The van der Waals surface area contributed by atoms with Gasteiger partial charge in [-0.1, -0.05) is 18.2 Å². The third-order valence-electron chi connectivity index (χ3n) is 2.64. The van der Waals surface area contributed by atoms with Gasteiger partial charge in [0.1, 0.15) is 12.4 Å². The molecule has 1 aromatic rings. The second kappa shape index (κ2) is 5.37. The van der Waals surface area contributed by atoms with E-state index in [9.17, 15) is 5.11 Å². The lowest BCUT2D eigenvalue weighted by Crippen LogP contribution is -2.17. The third-order valence-corrected chi connectivity index (χ3v) is 2.86. The molecule has 0 amide bonds. The molecule has 2 nitrogen and oxygen atoms in total. The maximum atomic E-state index is 9.48. The van der Waals surface area contributed by atoms with E-state index in [-0.39, 0.29) is 0 Å². The number of aliphatic hydroxyl groups is 1. The molecule has 16 heavy (non-hydrogen) atoms. The molecule has 86 valence electrons. The van der Waals surface area contributed by atoms with Gasteiger partial charge in [-0.15, -0.1) is 11.6 Å². The predicted molar refractivity (Wildman–Crippen MR) is 66.0 cm³/mol. The minimum atomic E-state index is -0.485. The molecular formula is C13H15ClO2. The Bertz CT molecular complexity index is 388. The van der Waals surface area contributed by atoms with Crippen molar-refractivity contribution in [2.45, 2.75) is 18.9 Å². The van der Waals surface area contributed by atoms with Crippen LogP contribution >= 0.6 is 11.6 Å². The Labute approximate surface area is 101 Å². The van der Waals surface area contributed by atoms with Crippen LogP contribution in [0, 0.1) is 0 Å². The Morgan fingerprint density at radius 2 is 2.31 bits per heavy atom. The Hall–Kier alpha value is -0.990. The highest BCUT2D eigenvalue weighted by molar-refractivity contribution is 6.17. The predicted octanol–water partition coefficient (Wildman–Crippen LogP) is 2.62. The summed E-state index contributed by atoms with van der Waals surface area (Å²) in [4.78, 5) is 0. The minimum Gasteiger partial charge on any atom is -0.491 e. The number of alkyl halides is 1. The number of rotatable bonds is 5. The molecular weight excluding hydrogens is 224 g/mol. The van der Waals surface area contributed by atoms with Crippen molar-refractivity contribution in [2.75, 3.05) is 12.5 Å². The van der Waals surface area contributed by atoms with E-state index in [2.05, 4.69) is 18.2 Å². The van der Waals surface area contributed by atoms with Gasteiger partial charge in [0.15, 0.2) is 0 Å². The summed E-state index contributed by atoms with van der Waals surface area (Å²) in [5, 5.41) is 9.48. The molecule has 0 spiro atoms. The van der Waals surface area contributed by atoms with Crippen LogP contribution in [0.4, 0.5) is 0 Å². The molecule has 0 fully saturated rings. The second-order valence-electron chi connectivity index (χ2n) is 3.91. The summed E-state index contributed by atoms with van der Waals surface area (Å²) >= 11 is 5.53. The summed E-state index contributed by atoms with van der Waals surface area (Å²) in [7, 11) is 0. The summed E-state index contributed by atoms with van der Waals surface area (Å²) in [6, 6.07) is 6.02. The van der Waals surface area contributed by atoms with Crippen LogP contribution in [0.25, 0.3) is 6.08 Å². The topological polar surface area (TPSA) is 29.5 Å². The van der Waals surface area contributed by atoms with Crippen LogP contribution in [0.5, 0.6) is 5.75 Å². The van der Waals surface area contributed by atoms with Crippen LogP contribution in [-0.4, -0.2) is 23.7 Å². The van der Waals surface area contributed by atoms with Gasteiger partial charge in [-0.2, -0.15) is 0 Å². The van der Waals surface area contributed by atoms with E-state index in [0.717, 1.165) is 12.2 Å². The first-order valence-corrected chi connectivity index (χ1v) is 5.99. The van der Waals surface area contributed by atoms with Gasteiger partial charge in [0.25, 0.3) is 0 Å². The Morgan fingerprint density at radius 1 is 1.44 bits per heavy atom. The maximum absolute atomic E-state index is 9.48. The largest absolute Gasteiger partial charge is 0.491 e. The highest BCUT2D eigenvalue weighted by Crippen LogP contribution is 2.24. The zero-order chi connectivity index (χ0) is 11.4. The summed E-state index contributed by atoms with van der Waals surface area (Å²) in [5.74, 6) is 1.26. The first-order chi connectivity index (χ1) is 7.79. The average molecular weight is 239 g/mol. The van der Waals surface area contributed by atoms with Gasteiger partial charge >= 0.3 is 0 Å². The minimum absolute atomic E-state index is 0.301. The van der Waals surface area contributed by atoms with Gasteiger partial charge in [0, 0.05) is 5.88 Å². The monoisotopic (exact) mass is 238 g/mol. The number of fused-ring (bicyclic) bond motifs is 1. The molecule has 1 aliphatic rings. The normalized spacial score (nSPS) is 14.9. The first kappa shape index (κ1) is 11.5. The van der Waals surface area contributed by atoms with Gasteiger partial charge in [-0.3, -0.25) is 0 Å². The smallest absolute Gasteiger partial charge is 0.120 e. The number of aliphatic hydroxyl groups excluding tert-OH is 1. The highest BCUT2D eigenvalue weighted by Gasteiger charge is 2.08. The van der Waals surface area contributed by atoms with Crippen molar-refractivity contribution in [3.05, 3.63) is 35.4 Å². The van der Waals surface area contributed by atoms with Crippen molar-refractivity contribution in [2.24, 2.45) is 0 Å². The summed E-state index contributed by atoms with van der Waals surface area (Å²) in [5.41, 5.74) is 2.54. The number of allylic oxidation sites excluding steroid dienone is 1. The molecule has 2 rings (SSSR count). The molecule has 1 N–H and O–H groups in total. The van der Waals surface area contributed by atoms with Crippen molar-refractivity contribution < 1.29 is 9.84 Å². The number of hydrogen-bond donors (Lipinski definition) is 1. The van der Waals surface area contributed by atoms with E-state index < -0.39 is 6.10 Å². The Balaban J connectivity index is 1.92. The van der Waals surface area contributed by atoms with Gasteiger partial charge in [-0.05, 0) is 36.1 Å². The summed E-state index contributed by atoms with van der Waals surface area (Å²) < 4.78 is 5.50. The maximum Gasteiger partial charge on any atom is 0.120 e. The van der Waals surface area contributed by atoms with E-state index >= 15 is 0 Å². The second-order valence-corrected chi connectivity index (χ2v) is 4.29. The standard InChI is InChI=1S/C13H15ClO2/c14-7-6-12(15)9-16-13-5-4-10-2-1-3-11(10)8-13/h1,3-5,8,12,15H,2,6-7,9H2. The fraction of sp³-hybridized carbons (Fsp3) is 0.385. The number of halogens is 1. The summed E-state index contributed by atoms with van der Waals surface area (Å²) in [6.45, 7) is 0.301. The lowest BCUT2D eigenvalue weighted by molar-refractivity contribution is 0.105. The average Bonchev–Trinajstić information content (AvgIpc) is 2.74. The van der Waals surface area contributed by atoms with Crippen LogP contribution < -0.4 is 4.74 Å². The molecule has 1 aliphatic carbocycles. The van der Waals surface area contributed by atoms with Gasteiger partial charge in [0.05, 0.1) is 6.10 Å². The van der Waals surface area contributed by atoms with E-state index in [1.807, 2.05) is 12.1 Å². The van der Waals surface area contributed by atoms with Crippen molar-refractivity contribution in [3.8, 4) is 5.75 Å². The van der Waals surface area contributed by atoms with E-state index in [1.54, 1.807) is 0 Å². The number of hydrogen-bond acceptors (Lipinski definition) is 2. The quantitative estimate of drug-likeness (QED) is 0.800. The lowest BCUT2D eigenvalue weighted by atomic mass is 10.1. The molecule has 0 aliphatic heterocycles. The SMILES string of the molecule is OC(CCCl)COc1ccc2c(c1)C=CC2. The van der Waals surface area contributed by atoms with Crippen LogP contribution in [-0.2, 0) is 6.42 Å². The van der Waals surface area contributed by atoms with E-state index in [1.165, 1.54) is 11.1 Å². The Kier molecular flexibility index (Phi) is 3.86. The van der Waals surface area contributed by atoms with E-state index in [0.29, 0.717) is 18.9 Å². The molecule has 0 heterocycles. The van der Waals surface area contributed by atoms with Gasteiger partial charge < -0.3 is 9.84 Å². The molecule has 1 unspecified atom stereocenters. The van der Waals surface area contributed by atoms with Gasteiger partial charge in [-0.25, -0.2) is 0 Å². The molecule has 0 saturated heterocycles. The van der Waals surface area contributed by atoms with Crippen molar-refractivity contribution in [1.29, 1.82) is 0 Å². The fourth-order valence-corrected chi connectivity index (χ4v) is 1.97. The molecule has 3 heteroatoms. The number of ether oxygens (including phenoxy) is 1. The number of benzene rings is 1. The molecule has 0 aromatic heterocycles. The molecule has 0 radical (unpaired) electrons. The van der Waals surface area contributed by atoms with E-state index in [4.69, 9.17) is 16.3 Å². The van der Waals surface area contributed by atoms with Crippen LogP contribution in [0.15, 0.2) is 24.3 Å². The fourth-order valence-electron chi connectivity index (χ4n) is 1.72. The van der Waals surface area contributed by atoms with Crippen molar-refractivity contribution in [1.82, 2.24) is 0 Å². The van der Waals surface area contributed by atoms with Gasteiger partial charge in [0.2, 0.25) is 0 Å². The van der Waals surface area contributed by atoms with Crippen LogP contribution in [0.3, 0.4) is 0 Å². The Morgan fingerprint density at radius 3 is 3.12 bits per heavy atom. The van der Waals surface area contributed by atoms with Crippen molar-refractivity contribution in [3.63, 3.8) is 0 Å². The summed E-state index contributed by atoms with van der Waals surface area (Å²) in [6.07, 6.45) is 5.31. The molecule has 0 bridgehead atoms. The molecule has 1 aromatic carbocycles. The molecule has 0 saturated carbocycles. The zero-order valence-electron chi connectivity index (χ0n) is 9.03. The highest BCUT2D eigenvalue weighted by atomic mass is 35.5. The zero-order valence-corrected chi connectivity index (χ0v) is 9.78. The molecule has 1 atom stereocenters. The lowest BCUT2D eigenvalue weighted by Gasteiger charge is -2.11. The van der Waals surface area contributed by atoms with Crippen molar-refractivity contribution >= 4 is 17.7 Å². The third kappa shape index (κ3) is 2.77.